The molecule has 0 atom stereocenters. The lowest BCUT2D eigenvalue weighted by atomic mass is 10.1. The summed E-state index contributed by atoms with van der Waals surface area (Å²) in [7, 11) is 0. The first-order chi connectivity index (χ1) is 13.1. The number of amides is 1. The first-order valence-electron chi connectivity index (χ1n) is 8.52. The number of nitrogens with one attached hydrogen (secondary N) is 1. The highest BCUT2D eigenvalue weighted by Crippen LogP contribution is 2.16. The Balaban J connectivity index is 1.51. The van der Waals surface area contributed by atoms with Crippen molar-refractivity contribution in [3.63, 3.8) is 0 Å². The molecule has 0 aliphatic rings. The minimum absolute atomic E-state index is 0.221. The number of para-hydroxylation sites is 1. The van der Waals surface area contributed by atoms with Crippen LogP contribution in [0, 0.1) is 0 Å². The van der Waals surface area contributed by atoms with Crippen LogP contribution in [-0.4, -0.2) is 11.9 Å². The lowest BCUT2D eigenvalue weighted by Gasteiger charge is -2.07. The maximum absolute atomic E-state index is 12.2. The average Bonchev–Trinajstić information content (AvgIpc) is 2.69. The normalized spacial score (nSPS) is 10.3. The van der Waals surface area contributed by atoms with Crippen molar-refractivity contribution in [2.24, 2.45) is 0 Å². The van der Waals surface area contributed by atoms with E-state index < -0.39 is 0 Å². The molecule has 0 unspecified atom stereocenters. The molecule has 3 aromatic carbocycles. The van der Waals surface area contributed by atoms with Crippen LogP contribution in [0.2, 0.25) is 5.02 Å². The van der Waals surface area contributed by atoms with E-state index in [0.29, 0.717) is 22.8 Å². The number of carbonyl (C=O) groups is 2. The molecule has 5 heteroatoms. The molecule has 0 radical (unpaired) electrons. The number of halogens is 1. The Morgan fingerprint density at radius 1 is 0.852 bits per heavy atom. The quantitative estimate of drug-likeness (QED) is 0.477. The fraction of sp³-hybridized carbons (Fsp3) is 0.0909. The SMILES string of the molecule is O=C(CCc1ccc(Cl)cc1)Oc1ccc(C(=O)Nc2ccccc2)cc1. The van der Waals surface area contributed by atoms with Gasteiger partial charge in [-0.2, -0.15) is 0 Å². The lowest BCUT2D eigenvalue weighted by molar-refractivity contribution is -0.134. The predicted octanol–water partition coefficient (Wildman–Crippen LogP) is 5.13. The van der Waals surface area contributed by atoms with E-state index in [-0.39, 0.29) is 18.3 Å². The molecule has 0 aliphatic carbocycles. The molecule has 1 N–H and O–H groups in total. The van der Waals surface area contributed by atoms with Gasteiger partial charge in [0.05, 0.1) is 0 Å². The Hall–Kier alpha value is -3.11. The van der Waals surface area contributed by atoms with E-state index in [2.05, 4.69) is 5.32 Å². The molecular formula is C22H18ClNO3. The Bertz CT molecular complexity index is 907. The number of hydrogen-bond donors (Lipinski definition) is 1. The Morgan fingerprint density at radius 2 is 1.52 bits per heavy atom. The van der Waals surface area contributed by atoms with E-state index in [0.717, 1.165) is 11.3 Å². The highest BCUT2D eigenvalue weighted by Gasteiger charge is 2.09. The summed E-state index contributed by atoms with van der Waals surface area (Å²) in [6, 6.07) is 23.0. The van der Waals surface area contributed by atoms with Crippen molar-refractivity contribution in [3.8, 4) is 5.75 Å². The van der Waals surface area contributed by atoms with Gasteiger partial charge >= 0.3 is 5.97 Å². The number of esters is 1. The van der Waals surface area contributed by atoms with Crippen molar-refractivity contribution in [2.75, 3.05) is 5.32 Å². The highest BCUT2D eigenvalue weighted by atomic mass is 35.5. The fourth-order valence-electron chi connectivity index (χ4n) is 2.48. The van der Waals surface area contributed by atoms with Crippen LogP contribution in [0.5, 0.6) is 5.75 Å². The van der Waals surface area contributed by atoms with Crippen molar-refractivity contribution in [3.05, 3.63) is 95.0 Å². The summed E-state index contributed by atoms with van der Waals surface area (Å²) in [6.45, 7) is 0. The van der Waals surface area contributed by atoms with Gasteiger partial charge in [0, 0.05) is 22.7 Å². The van der Waals surface area contributed by atoms with Crippen molar-refractivity contribution in [2.45, 2.75) is 12.8 Å². The number of rotatable bonds is 6. The molecule has 0 spiro atoms. The summed E-state index contributed by atoms with van der Waals surface area (Å²) < 4.78 is 5.32. The van der Waals surface area contributed by atoms with Gasteiger partial charge in [0.2, 0.25) is 0 Å². The molecule has 0 heterocycles. The number of benzene rings is 3. The van der Waals surface area contributed by atoms with Crippen LogP contribution in [0.3, 0.4) is 0 Å². The van der Waals surface area contributed by atoms with E-state index in [1.165, 1.54) is 0 Å². The molecule has 27 heavy (non-hydrogen) atoms. The van der Waals surface area contributed by atoms with Crippen molar-refractivity contribution in [1.29, 1.82) is 0 Å². The standard InChI is InChI=1S/C22H18ClNO3/c23-18-11-6-16(7-12-18)8-15-21(25)27-20-13-9-17(10-14-20)22(26)24-19-4-2-1-3-5-19/h1-7,9-14H,8,15H2,(H,24,26). The van der Waals surface area contributed by atoms with Crippen molar-refractivity contribution < 1.29 is 14.3 Å². The zero-order valence-corrected chi connectivity index (χ0v) is 15.3. The average molecular weight is 380 g/mol. The van der Waals surface area contributed by atoms with Crippen LogP contribution in [0.1, 0.15) is 22.3 Å². The Kier molecular flexibility index (Phi) is 6.23. The largest absolute Gasteiger partial charge is 0.427 e. The van der Waals surface area contributed by atoms with Gasteiger partial charge in [-0.05, 0) is 60.5 Å². The second kappa shape index (κ2) is 9.01. The zero-order valence-electron chi connectivity index (χ0n) is 14.5. The first kappa shape index (κ1) is 18.7. The molecule has 4 nitrogen and oxygen atoms in total. The van der Waals surface area contributed by atoms with E-state index >= 15 is 0 Å². The van der Waals surface area contributed by atoms with Gasteiger partial charge in [0.1, 0.15) is 5.75 Å². The summed E-state index contributed by atoms with van der Waals surface area (Å²) in [5.74, 6) is -0.138. The maximum Gasteiger partial charge on any atom is 0.311 e. The van der Waals surface area contributed by atoms with Crippen molar-refractivity contribution in [1.82, 2.24) is 0 Å². The van der Waals surface area contributed by atoms with Gasteiger partial charge in [0.25, 0.3) is 5.91 Å². The van der Waals surface area contributed by atoms with Crippen LogP contribution in [0.25, 0.3) is 0 Å². The molecule has 3 aromatic rings. The number of ether oxygens (including phenoxy) is 1. The minimum atomic E-state index is -0.327. The molecule has 0 fully saturated rings. The zero-order chi connectivity index (χ0) is 19.1. The van der Waals surface area contributed by atoms with Gasteiger partial charge in [-0.1, -0.05) is 41.9 Å². The molecule has 0 saturated heterocycles. The smallest absolute Gasteiger partial charge is 0.311 e. The van der Waals surface area contributed by atoms with Gasteiger partial charge in [-0.3, -0.25) is 9.59 Å². The third-order valence-corrected chi connectivity index (χ3v) is 4.16. The molecule has 3 rings (SSSR count). The summed E-state index contributed by atoms with van der Waals surface area (Å²) in [5, 5.41) is 3.47. The van der Waals surface area contributed by atoms with Gasteiger partial charge < -0.3 is 10.1 Å². The van der Waals surface area contributed by atoms with E-state index in [9.17, 15) is 9.59 Å². The summed E-state index contributed by atoms with van der Waals surface area (Å²) in [6.07, 6.45) is 0.839. The van der Waals surface area contributed by atoms with E-state index in [1.54, 1.807) is 36.4 Å². The molecule has 0 aliphatic heterocycles. The Labute approximate surface area is 162 Å². The van der Waals surface area contributed by atoms with Gasteiger partial charge in [-0.25, -0.2) is 0 Å². The molecule has 136 valence electrons. The number of aryl methyl sites for hydroxylation is 1. The van der Waals surface area contributed by atoms with Crippen LogP contribution in [0.15, 0.2) is 78.9 Å². The summed E-state index contributed by atoms with van der Waals surface area (Å²) in [5.41, 5.74) is 2.23. The molecule has 0 bridgehead atoms. The number of carbonyl (C=O) groups excluding carboxylic acids is 2. The predicted molar refractivity (Wildman–Crippen MR) is 106 cm³/mol. The highest BCUT2D eigenvalue weighted by molar-refractivity contribution is 6.30. The number of anilines is 1. The van der Waals surface area contributed by atoms with Crippen LogP contribution in [0.4, 0.5) is 5.69 Å². The third-order valence-electron chi connectivity index (χ3n) is 3.91. The first-order valence-corrected chi connectivity index (χ1v) is 8.89. The third kappa shape index (κ3) is 5.69. The van der Waals surface area contributed by atoms with Crippen LogP contribution in [-0.2, 0) is 11.2 Å². The molecule has 0 saturated carbocycles. The minimum Gasteiger partial charge on any atom is -0.427 e. The molecule has 0 aromatic heterocycles. The van der Waals surface area contributed by atoms with Gasteiger partial charge in [-0.15, -0.1) is 0 Å². The van der Waals surface area contributed by atoms with E-state index in [4.69, 9.17) is 16.3 Å². The monoisotopic (exact) mass is 379 g/mol. The second-order valence-corrected chi connectivity index (χ2v) is 6.38. The number of hydrogen-bond acceptors (Lipinski definition) is 3. The van der Waals surface area contributed by atoms with Crippen LogP contribution >= 0.6 is 11.6 Å². The lowest BCUT2D eigenvalue weighted by Crippen LogP contribution is -2.12. The summed E-state index contributed by atoms with van der Waals surface area (Å²) >= 11 is 5.84. The summed E-state index contributed by atoms with van der Waals surface area (Å²) in [4.78, 5) is 24.2. The molecule has 1 amide bonds. The molecular weight excluding hydrogens is 362 g/mol. The fourth-order valence-corrected chi connectivity index (χ4v) is 2.61. The topological polar surface area (TPSA) is 55.4 Å². The van der Waals surface area contributed by atoms with Crippen LogP contribution < -0.4 is 10.1 Å². The Morgan fingerprint density at radius 3 is 2.19 bits per heavy atom. The van der Waals surface area contributed by atoms with Crippen molar-refractivity contribution >= 4 is 29.2 Å². The van der Waals surface area contributed by atoms with Gasteiger partial charge in [0.15, 0.2) is 0 Å². The second-order valence-electron chi connectivity index (χ2n) is 5.95. The maximum atomic E-state index is 12.2. The van der Waals surface area contributed by atoms with E-state index in [1.807, 2.05) is 42.5 Å².